The molecule has 1 N–H and O–H groups in total. The summed E-state index contributed by atoms with van der Waals surface area (Å²) in [7, 11) is 0. The molecule has 1 aromatic carbocycles. The van der Waals surface area contributed by atoms with Crippen molar-refractivity contribution in [2.75, 3.05) is 13.2 Å². The van der Waals surface area contributed by atoms with E-state index in [0.717, 1.165) is 19.0 Å². The van der Waals surface area contributed by atoms with Crippen molar-refractivity contribution in [1.29, 1.82) is 0 Å². The summed E-state index contributed by atoms with van der Waals surface area (Å²) in [5.74, 6) is -1.09. The van der Waals surface area contributed by atoms with E-state index < -0.39 is 17.2 Å². The molecule has 2 nitrogen and oxygen atoms in total. The molecule has 18 heavy (non-hydrogen) atoms. The third-order valence-electron chi connectivity index (χ3n) is 3.52. The fourth-order valence-corrected chi connectivity index (χ4v) is 2.63. The van der Waals surface area contributed by atoms with Gasteiger partial charge in [-0.3, -0.25) is 0 Å². The van der Waals surface area contributed by atoms with E-state index in [-0.39, 0.29) is 0 Å². The minimum atomic E-state index is -0.678. The average Bonchev–Trinajstić information content (AvgIpc) is 2.28. The second-order valence-electron chi connectivity index (χ2n) is 4.95. The zero-order valence-corrected chi connectivity index (χ0v) is 10.8. The van der Waals surface area contributed by atoms with Gasteiger partial charge in [0.2, 0.25) is 0 Å². The molecule has 0 aliphatic carbocycles. The van der Waals surface area contributed by atoms with Crippen molar-refractivity contribution >= 4 is 0 Å². The van der Waals surface area contributed by atoms with Crippen molar-refractivity contribution < 1.29 is 13.5 Å². The van der Waals surface area contributed by atoms with Gasteiger partial charge in [0.15, 0.2) is 0 Å². The lowest BCUT2D eigenvalue weighted by molar-refractivity contribution is -0.0830. The minimum absolute atomic E-state index is 0.318. The first-order chi connectivity index (χ1) is 8.55. The molecule has 0 amide bonds. The van der Waals surface area contributed by atoms with Crippen molar-refractivity contribution in [3.63, 3.8) is 0 Å². The maximum atomic E-state index is 13.9. The Morgan fingerprint density at radius 3 is 2.89 bits per heavy atom. The molecule has 1 aliphatic rings. The van der Waals surface area contributed by atoms with Gasteiger partial charge in [0.1, 0.15) is 11.6 Å². The van der Waals surface area contributed by atoms with Gasteiger partial charge in [0.25, 0.3) is 0 Å². The van der Waals surface area contributed by atoms with Crippen LogP contribution in [0.25, 0.3) is 0 Å². The van der Waals surface area contributed by atoms with Gasteiger partial charge in [-0.2, -0.15) is 0 Å². The highest BCUT2D eigenvalue weighted by atomic mass is 19.1. The van der Waals surface area contributed by atoms with Crippen LogP contribution in [-0.4, -0.2) is 19.2 Å². The summed E-state index contributed by atoms with van der Waals surface area (Å²) < 4.78 is 32.5. The van der Waals surface area contributed by atoms with Crippen LogP contribution < -0.4 is 5.32 Å². The highest BCUT2D eigenvalue weighted by Gasteiger charge is 2.36. The van der Waals surface area contributed by atoms with E-state index in [9.17, 15) is 8.78 Å². The van der Waals surface area contributed by atoms with Crippen LogP contribution in [-0.2, 0) is 10.3 Å². The Labute approximate surface area is 106 Å². The van der Waals surface area contributed by atoms with E-state index in [1.54, 1.807) is 0 Å². The first-order valence-corrected chi connectivity index (χ1v) is 6.38. The Morgan fingerprint density at radius 1 is 1.44 bits per heavy atom. The maximum Gasteiger partial charge on any atom is 0.132 e. The molecular weight excluding hydrogens is 236 g/mol. The Kier molecular flexibility index (Phi) is 3.97. The molecule has 0 spiro atoms. The third kappa shape index (κ3) is 2.70. The molecule has 0 aromatic heterocycles. The molecule has 2 rings (SSSR count). The Hall–Kier alpha value is -1.00. The number of hydrogen-bond donors (Lipinski definition) is 1. The standard InChI is InChI=1S/C14H19F2NO/c1-3-17-11-6-7-18-14(2,9-11)12-5-4-10(15)8-13(12)16/h4-5,8,11,17H,3,6-7,9H2,1-2H3. The quantitative estimate of drug-likeness (QED) is 0.896. The van der Waals surface area contributed by atoms with E-state index in [1.165, 1.54) is 12.1 Å². The van der Waals surface area contributed by atoms with Crippen molar-refractivity contribution in [1.82, 2.24) is 5.32 Å². The smallest absolute Gasteiger partial charge is 0.132 e. The number of halogens is 2. The van der Waals surface area contributed by atoms with Crippen LogP contribution in [0.5, 0.6) is 0 Å². The first kappa shape index (κ1) is 13.4. The Bertz CT molecular complexity index is 422. The summed E-state index contributed by atoms with van der Waals surface area (Å²) in [6, 6.07) is 4.00. The van der Waals surface area contributed by atoms with E-state index in [0.29, 0.717) is 24.6 Å². The summed E-state index contributed by atoms with van der Waals surface area (Å²) in [6.07, 6.45) is 1.62. The molecule has 2 atom stereocenters. The maximum absolute atomic E-state index is 13.9. The zero-order chi connectivity index (χ0) is 13.2. The van der Waals surface area contributed by atoms with E-state index in [4.69, 9.17) is 4.74 Å². The molecule has 1 aromatic rings. The van der Waals surface area contributed by atoms with Crippen LogP contribution in [0.15, 0.2) is 18.2 Å². The van der Waals surface area contributed by atoms with Gasteiger partial charge < -0.3 is 10.1 Å². The van der Waals surface area contributed by atoms with Gasteiger partial charge in [-0.1, -0.05) is 13.0 Å². The summed E-state index contributed by atoms with van der Waals surface area (Å²) in [4.78, 5) is 0. The SMILES string of the molecule is CCNC1CCOC(C)(c2ccc(F)cc2F)C1. The van der Waals surface area contributed by atoms with Gasteiger partial charge in [-0.15, -0.1) is 0 Å². The number of ether oxygens (including phenoxy) is 1. The number of rotatable bonds is 3. The normalized spacial score (nSPS) is 28.3. The largest absolute Gasteiger partial charge is 0.370 e. The highest BCUT2D eigenvalue weighted by Crippen LogP contribution is 2.36. The Morgan fingerprint density at radius 2 is 2.22 bits per heavy atom. The summed E-state index contributed by atoms with van der Waals surface area (Å²) >= 11 is 0. The predicted molar refractivity (Wildman–Crippen MR) is 66.4 cm³/mol. The summed E-state index contributed by atoms with van der Waals surface area (Å²) in [6.45, 7) is 5.38. The molecule has 2 unspecified atom stereocenters. The molecule has 1 saturated heterocycles. The van der Waals surface area contributed by atoms with Crippen molar-refractivity contribution in [2.24, 2.45) is 0 Å². The predicted octanol–water partition coefficient (Wildman–Crippen LogP) is 2.97. The minimum Gasteiger partial charge on any atom is -0.370 e. The molecular formula is C14H19F2NO. The van der Waals surface area contributed by atoms with Gasteiger partial charge in [-0.05, 0) is 32.4 Å². The lowest BCUT2D eigenvalue weighted by atomic mass is 9.85. The molecule has 0 bridgehead atoms. The van der Waals surface area contributed by atoms with Gasteiger partial charge >= 0.3 is 0 Å². The van der Waals surface area contributed by atoms with Crippen LogP contribution in [0.4, 0.5) is 8.78 Å². The van der Waals surface area contributed by atoms with E-state index in [2.05, 4.69) is 5.32 Å². The molecule has 1 heterocycles. The first-order valence-electron chi connectivity index (χ1n) is 6.38. The monoisotopic (exact) mass is 255 g/mol. The molecule has 1 fully saturated rings. The van der Waals surface area contributed by atoms with Crippen LogP contribution in [0, 0.1) is 11.6 Å². The van der Waals surface area contributed by atoms with Gasteiger partial charge in [0, 0.05) is 24.3 Å². The molecule has 0 saturated carbocycles. The number of nitrogens with one attached hydrogen (secondary N) is 1. The zero-order valence-electron chi connectivity index (χ0n) is 10.8. The average molecular weight is 255 g/mol. The third-order valence-corrected chi connectivity index (χ3v) is 3.52. The van der Waals surface area contributed by atoms with Crippen LogP contribution >= 0.6 is 0 Å². The summed E-state index contributed by atoms with van der Waals surface area (Å²) in [5, 5.41) is 3.36. The van der Waals surface area contributed by atoms with Crippen LogP contribution in [0.3, 0.4) is 0 Å². The lowest BCUT2D eigenvalue weighted by Gasteiger charge is -2.39. The molecule has 100 valence electrons. The van der Waals surface area contributed by atoms with Crippen molar-refractivity contribution in [3.8, 4) is 0 Å². The molecule has 0 radical (unpaired) electrons. The number of benzene rings is 1. The molecule has 1 aliphatic heterocycles. The van der Waals surface area contributed by atoms with Crippen LogP contribution in [0.1, 0.15) is 32.3 Å². The van der Waals surface area contributed by atoms with E-state index >= 15 is 0 Å². The number of hydrogen-bond acceptors (Lipinski definition) is 2. The fraction of sp³-hybridized carbons (Fsp3) is 0.571. The van der Waals surface area contributed by atoms with E-state index in [1.807, 2.05) is 13.8 Å². The lowest BCUT2D eigenvalue weighted by Crippen LogP contribution is -2.44. The van der Waals surface area contributed by atoms with Gasteiger partial charge in [-0.25, -0.2) is 8.78 Å². The van der Waals surface area contributed by atoms with Crippen molar-refractivity contribution in [3.05, 3.63) is 35.4 Å². The van der Waals surface area contributed by atoms with Crippen LogP contribution in [0.2, 0.25) is 0 Å². The summed E-state index contributed by atoms with van der Waals surface area (Å²) in [5.41, 5.74) is -0.241. The molecule has 4 heteroatoms. The highest BCUT2D eigenvalue weighted by molar-refractivity contribution is 5.25. The second-order valence-corrected chi connectivity index (χ2v) is 4.95. The van der Waals surface area contributed by atoms with Gasteiger partial charge in [0.05, 0.1) is 5.60 Å². The second kappa shape index (κ2) is 5.33. The Balaban J connectivity index is 2.24. The van der Waals surface area contributed by atoms with Crippen molar-refractivity contribution in [2.45, 2.75) is 38.3 Å². The topological polar surface area (TPSA) is 21.3 Å². The fourth-order valence-electron chi connectivity index (χ4n) is 2.63.